The Morgan fingerprint density at radius 2 is 2.08 bits per heavy atom. The van der Waals surface area contributed by atoms with Gasteiger partial charge in [-0.05, 0) is 59.9 Å². The molecule has 2 amide bonds. The number of carbonyl (C=O) groups excluding carboxylic acids is 2. The van der Waals surface area contributed by atoms with E-state index in [0.29, 0.717) is 34.7 Å². The van der Waals surface area contributed by atoms with E-state index in [-0.39, 0.29) is 17.5 Å². The Labute approximate surface area is 153 Å². The summed E-state index contributed by atoms with van der Waals surface area (Å²) in [7, 11) is 0. The minimum absolute atomic E-state index is 0.191. The van der Waals surface area contributed by atoms with Crippen LogP contribution in [0.15, 0.2) is 33.3 Å². The van der Waals surface area contributed by atoms with Gasteiger partial charge in [-0.25, -0.2) is 0 Å². The number of halogens is 1. The lowest BCUT2D eigenvalue weighted by molar-refractivity contribution is 0.0952. The van der Waals surface area contributed by atoms with Gasteiger partial charge >= 0.3 is 0 Å². The van der Waals surface area contributed by atoms with Gasteiger partial charge in [-0.2, -0.15) is 0 Å². The van der Waals surface area contributed by atoms with Crippen LogP contribution in [0.4, 0.5) is 5.69 Å². The quantitative estimate of drug-likeness (QED) is 0.612. The zero-order valence-corrected chi connectivity index (χ0v) is 15.1. The summed E-state index contributed by atoms with van der Waals surface area (Å²) < 4.78 is 5.78. The second-order valence-corrected chi connectivity index (χ2v) is 6.79. The summed E-state index contributed by atoms with van der Waals surface area (Å²) in [5.41, 5.74) is 6.71. The van der Waals surface area contributed by atoms with Crippen LogP contribution in [-0.4, -0.2) is 30.1 Å². The molecule has 4 N–H and O–H groups in total. The summed E-state index contributed by atoms with van der Waals surface area (Å²) in [4.78, 5) is 24.3. The van der Waals surface area contributed by atoms with Gasteiger partial charge in [0.1, 0.15) is 5.76 Å². The molecule has 0 spiro atoms. The number of nitrogens with one attached hydrogen (secondary N) is 2. The van der Waals surface area contributed by atoms with Gasteiger partial charge < -0.3 is 20.9 Å². The van der Waals surface area contributed by atoms with Crippen molar-refractivity contribution < 1.29 is 14.1 Å². The van der Waals surface area contributed by atoms with Crippen molar-refractivity contribution in [3.05, 3.63) is 45.8 Å². The highest BCUT2D eigenvalue weighted by Crippen LogP contribution is 2.40. The van der Waals surface area contributed by atoms with Crippen molar-refractivity contribution in [3.8, 4) is 0 Å². The third kappa shape index (κ3) is 4.46. The number of anilines is 1. The molecular formula is C17H19BrN4O3. The number of benzene rings is 1. The number of aromatic nitrogens is 1. The predicted octanol–water partition coefficient (Wildman–Crippen LogP) is 2.65. The standard InChI is InChI=1S/C17H19BrN4O3/c18-13-8-11(4-5-12(13)16(23)20-7-1-6-19)21-17(24)14-9-15(25-22-14)10-2-3-10/h4-5,8-10H,1-3,6-7,19H2,(H,20,23)(H,21,24). The van der Waals surface area contributed by atoms with Crippen LogP contribution in [0.3, 0.4) is 0 Å². The van der Waals surface area contributed by atoms with E-state index in [2.05, 4.69) is 31.7 Å². The zero-order chi connectivity index (χ0) is 17.8. The van der Waals surface area contributed by atoms with Crippen molar-refractivity contribution in [2.45, 2.75) is 25.2 Å². The van der Waals surface area contributed by atoms with E-state index < -0.39 is 0 Å². The van der Waals surface area contributed by atoms with Crippen molar-refractivity contribution in [1.82, 2.24) is 10.5 Å². The first-order valence-electron chi connectivity index (χ1n) is 8.14. The van der Waals surface area contributed by atoms with Gasteiger partial charge in [0.05, 0.1) is 5.56 Å². The molecular weight excluding hydrogens is 388 g/mol. The average Bonchev–Trinajstić information content (AvgIpc) is 3.32. The Morgan fingerprint density at radius 1 is 1.28 bits per heavy atom. The van der Waals surface area contributed by atoms with Gasteiger partial charge in [0, 0.05) is 28.7 Å². The van der Waals surface area contributed by atoms with E-state index in [1.165, 1.54) is 0 Å². The molecule has 0 radical (unpaired) electrons. The maximum Gasteiger partial charge on any atom is 0.277 e. The third-order valence-corrected chi connectivity index (χ3v) is 4.53. The molecule has 1 aromatic carbocycles. The molecule has 1 aromatic heterocycles. The van der Waals surface area contributed by atoms with Crippen LogP contribution in [0.2, 0.25) is 0 Å². The molecule has 0 atom stereocenters. The molecule has 8 heteroatoms. The number of nitrogens with two attached hydrogens (primary N) is 1. The minimum Gasteiger partial charge on any atom is -0.360 e. The number of amides is 2. The zero-order valence-electron chi connectivity index (χ0n) is 13.5. The highest BCUT2D eigenvalue weighted by Gasteiger charge is 2.28. The smallest absolute Gasteiger partial charge is 0.277 e. The lowest BCUT2D eigenvalue weighted by Gasteiger charge is -2.09. The summed E-state index contributed by atoms with van der Waals surface area (Å²) in [5, 5.41) is 9.35. The van der Waals surface area contributed by atoms with Gasteiger partial charge in [0.15, 0.2) is 5.69 Å². The molecule has 1 saturated carbocycles. The highest BCUT2D eigenvalue weighted by atomic mass is 79.9. The number of rotatable bonds is 7. The van der Waals surface area contributed by atoms with Crippen molar-refractivity contribution >= 4 is 33.4 Å². The molecule has 0 bridgehead atoms. The van der Waals surface area contributed by atoms with E-state index in [0.717, 1.165) is 25.0 Å². The number of nitrogens with zero attached hydrogens (tertiary/aromatic N) is 1. The molecule has 1 aliphatic rings. The topological polar surface area (TPSA) is 110 Å². The Morgan fingerprint density at radius 3 is 2.76 bits per heavy atom. The van der Waals surface area contributed by atoms with Crippen LogP contribution in [0.1, 0.15) is 51.8 Å². The predicted molar refractivity (Wildman–Crippen MR) is 96.6 cm³/mol. The summed E-state index contributed by atoms with van der Waals surface area (Å²) in [6, 6.07) is 6.68. The minimum atomic E-state index is -0.345. The molecule has 7 nitrogen and oxygen atoms in total. The average molecular weight is 407 g/mol. The SMILES string of the molecule is NCCCNC(=O)c1ccc(NC(=O)c2cc(C3CC3)on2)cc1Br. The van der Waals surface area contributed by atoms with Gasteiger partial charge in [-0.15, -0.1) is 0 Å². The summed E-state index contributed by atoms with van der Waals surface area (Å²) in [6.45, 7) is 1.05. The van der Waals surface area contributed by atoms with E-state index >= 15 is 0 Å². The number of hydrogen-bond acceptors (Lipinski definition) is 5. The van der Waals surface area contributed by atoms with E-state index in [9.17, 15) is 9.59 Å². The molecule has 1 fully saturated rings. The van der Waals surface area contributed by atoms with E-state index in [1.54, 1.807) is 24.3 Å². The molecule has 0 aliphatic heterocycles. The lowest BCUT2D eigenvalue weighted by Crippen LogP contribution is -2.26. The van der Waals surface area contributed by atoms with Gasteiger partial charge in [0.2, 0.25) is 0 Å². The first-order valence-corrected chi connectivity index (χ1v) is 8.93. The number of carbonyl (C=O) groups is 2. The van der Waals surface area contributed by atoms with Crippen LogP contribution < -0.4 is 16.4 Å². The van der Waals surface area contributed by atoms with E-state index in [1.807, 2.05) is 0 Å². The maximum atomic E-state index is 12.2. The van der Waals surface area contributed by atoms with Crippen LogP contribution in [0.25, 0.3) is 0 Å². The third-order valence-electron chi connectivity index (χ3n) is 3.88. The Kier molecular flexibility index (Phi) is 5.50. The second kappa shape index (κ2) is 7.79. The highest BCUT2D eigenvalue weighted by molar-refractivity contribution is 9.10. The Hall–Kier alpha value is -2.19. The normalized spacial score (nSPS) is 13.5. The van der Waals surface area contributed by atoms with Crippen molar-refractivity contribution in [2.75, 3.05) is 18.4 Å². The molecule has 0 saturated heterocycles. The fourth-order valence-corrected chi connectivity index (χ4v) is 2.89. The summed E-state index contributed by atoms with van der Waals surface area (Å²) in [5.74, 6) is 0.627. The fourth-order valence-electron chi connectivity index (χ4n) is 2.33. The van der Waals surface area contributed by atoms with Gasteiger partial charge in [-0.1, -0.05) is 5.16 Å². The van der Waals surface area contributed by atoms with Gasteiger partial charge in [-0.3, -0.25) is 9.59 Å². The van der Waals surface area contributed by atoms with Crippen LogP contribution in [0.5, 0.6) is 0 Å². The van der Waals surface area contributed by atoms with E-state index in [4.69, 9.17) is 10.3 Å². The molecule has 1 aliphatic carbocycles. The first-order chi connectivity index (χ1) is 12.1. The van der Waals surface area contributed by atoms with Crippen LogP contribution in [0, 0.1) is 0 Å². The summed E-state index contributed by atoms with van der Waals surface area (Å²) >= 11 is 3.36. The maximum absolute atomic E-state index is 12.2. The monoisotopic (exact) mass is 406 g/mol. The Balaban J connectivity index is 1.63. The first kappa shape index (κ1) is 17.6. The fraction of sp³-hybridized carbons (Fsp3) is 0.353. The number of hydrogen-bond donors (Lipinski definition) is 3. The largest absolute Gasteiger partial charge is 0.360 e. The van der Waals surface area contributed by atoms with Crippen LogP contribution >= 0.6 is 15.9 Å². The summed E-state index contributed by atoms with van der Waals surface area (Å²) in [6.07, 6.45) is 2.88. The lowest BCUT2D eigenvalue weighted by atomic mass is 10.2. The molecule has 0 unspecified atom stereocenters. The molecule has 2 aromatic rings. The van der Waals surface area contributed by atoms with Crippen LogP contribution in [-0.2, 0) is 0 Å². The second-order valence-electron chi connectivity index (χ2n) is 5.94. The molecule has 3 rings (SSSR count). The molecule has 132 valence electrons. The van der Waals surface area contributed by atoms with Gasteiger partial charge in [0.25, 0.3) is 11.8 Å². The van der Waals surface area contributed by atoms with Crippen molar-refractivity contribution in [3.63, 3.8) is 0 Å². The Bertz CT molecular complexity index is 786. The van der Waals surface area contributed by atoms with Crippen molar-refractivity contribution in [1.29, 1.82) is 0 Å². The van der Waals surface area contributed by atoms with Crippen molar-refractivity contribution in [2.24, 2.45) is 5.73 Å². The molecule has 25 heavy (non-hydrogen) atoms. The molecule has 1 heterocycles.